The lowest BCUT2D eigenvalue weighted by atomic mass is 9.68. The molecule has 1 aromatic carbocycles. The molecule has 1 atom stereocenters. The van der Waals surface area contributed by atoms with Crippen LogP contribution in [0.3, 0.4) is 0 Å². The largest absolute Gasteiger partial charge is 0.475 e. The Kier molecular flexibility index (Phi) is 3.75. The van der Waals surface area contributed by atoms with Crippen LogP contribution in [0.25, 0.3) is 0 Å². The van der Waals surface area contributed by atoms with E-state index in [-0.39, 0.29) is 5.54 Å². The third-order valence-corrected chi connectivity index (χ3v) is 3.94. The molecule has 0 bridgehead atoms. The number of rotatable bonds is 3. The van der Waals surface area contributed by atoms with E-state index in [9.17, 15) is 5.11 Å². The third-order valence-electron chi connectivity index (χ3n) is 3.94. The lowest BCUT2D eigenvalue weighted by Gasteiger charge is -2.41. The van der Waals surface area contributed by atoms with Crippen LogP contribution in [0.2, 0.25) is 0 Å². The van der Waals surface area contributed by atoms with Crippen LogP contribution in [0.5, 0.6) is 0 Å². The predicted octanol–water partition coefficient (Wildman–Crippen LogP) is 3.68. The van der Waals surface area contributed by atoms with Crippen molar-refractivity contribution in [1.82, 2.24) is 0 Å². The van der Waals surface area contributed by atoms with Crippen LogP contribution in [-0.4, -0.2) is 23.2 Å². The van der Waals surface area contributed by atoms with Gasteiger partial charge < -0.3 is 9.84 Å². The van der Waals surface area contributed by atoms with Gasteiger partial charge in [-0.15, -0.1) is 0 Å². The van der Waals surface area contributed by atoms with Crippen LogP contribution in [0, 0.1) is 5.41 Å². The summed E-state index contributed by atoms with van der Waals surface area (Å²) in [5.74, 6) is 0.460. The van der Waals surface area contributed by atoms with Crippen molar-refractivity contribution in [2.75, 3.05) is 6.61 Å². The summed E-state index contributed by atoms with van der Waals surface area (Å²) in [6.45, 7) is 14.6. The van der Waals surface area contributed by atoms with Gasteiger partial charge in [0.05, 0.1) is 5.54 Å². The second-order valence-electron chi connectivity index (χ2n) is 7.32. The molecule has 3 heteroatoms. The summed E-state index contributed by atoms with van der Waals surface area (Å²) < 4.78 is 5.68. The molecule has 0 saturated heterocycles. The average Bonchev–Trinajstić information content (AvgIpc) is 2.77. The molecule has 0 amide bonds. The highest BCUT2D eigenvalue weighted by molar-refractivity contribution is 5.96. The van der Waals surface area contributed by atoms with Crippen molar-refractivity contribution < 1.29 is 9.84 Å². The Morgan fingerprint density at radius 3 is 2.24 bits per heavy atom. The van der Waals surface area contributed by atoms with Gasteiger partial charge in [0.15, 0.2) is 0 Å². The van der Waals surface area contributed by atoms with E-state index < -0.39 is 11.0 Å². The first-order chi connectivity index (χ1) is 9.58. The van der Waals surface area contributed by atoms with E-state index >= 15 is 0 Å². The van der Waals surface area contributed by atoms with Gasteiger partial charge in [0.2, 0.25) is 5.90 Å². The summed E-state index contributed by atoms with van der Waals surface area (Å²) in [5, 5.41) is 11.5. The number of aliphatic hydroxyl groups is 1. The number of aliphatic imine (C=N–C) groups is 1. The summed E-state index contributed by atoms with van der Waals surface area (Å²) in [6.07, 6.45) is 0. The van der Waals surface area contributed by atoms with Gasteiger partial charge in [-0.3, -0.25) is 0 Å². The molecule has 114 valence electrons. The van der Waals surface area contributed by atoms with Crippen LogP contribution in [0.1, 0.15) is 40.2 Å². The van der Waals surface area contributed by atoms with Gasteiger partial charge in [-0.25, -0.2) is 4.99 Å². The Hall–Kier alpha value is -1.61. The number of nitrogens with zero attached hydrogens (tertiary/aromatic N) is 1. The molecule has 0 radical (unpaired) electrons. The quantitative estimate of drug-likeness (QED) is 0.921. The Labute approximate surface area is 127 Å². The van der Waals surface area contributed by atoms with Crippen molar-refractivity contribution >= 4 is 5.90 Å². The van der Waals surface area contributed by atoms with Gasteiger partial charge in [-0.2, -0.15) is 0 Å². The molecule has 0 aliphatic carbocycles. The van der Waals surface area contributed by atoms with Crippen molar-refractivity contribution in [3.63, 3.8) is 0 Å². The third kappa shape index (κ3) is 2.75. The zero-order valence-corrected chi connectivity index (χ0v) is 13.6. The first-order valence-electron chi connectivity index (χ1n) is 7.28. The Morgan fingerprint density at radius 2 is 1.81 bits per heavy atom. The molecule has 0 aromatic heterocycles. The molecule has 1 heterocycles. The first kappa shape index (κ1) is 15.8. The zero-order valence-electron chi connectivity index (χ0n) is 13.6. The monoisotopic (exact) mass is 287 g/mol. The maximum atomic E-state index is 11.5. The van der Waals surface area contributed by atoms with Crippen LogP contribution in [-0.2, 0) is 10.3 Å². The van der Waals surface area contributed by atoms with Crippen molar-refractivity contribution in [2.45, 2.75) is 45.8 Å². The van der Waals surface area contributed by atoms with E-state index in [0.29, 0.717) is 18.1 Å². The molecule has 0 saturated carbocycles. The molecular formula is C18H25NO2. The van der Waals surface area contributed by atoms with E-state index in [0.717, 1.165) is 5.56 Å². The minimum Gasteiger partial charge on any atom is -0.475 e. The van der Waals surface area contributed by atoms with Crippen LogP contribution >= 0.6 is 0 Å². The van der Waals surface area contributed by atoms with Gasteiger partial charge in [0.25, 0.3) is 0 Å². The first-order valence-corrected chi connectivity index (χ1v) is 7.28. The molecule has 1 aliphatic heterocycles. The molecule has 21 heavy (non-hydrogen) atoms. The summed E-state index contributed by atoms with van der Waals surface area (Å²) in [4.78, 5) is 4.56. The van der Waals surface area contributed by atoms with Crippen molar-refractivity contribution in [3.8, 4) is 0 Å². The Morgan fingerprint density at radius 1 is 1.24 bits per heavy atom. The molecule has 2 rings (SSSR count). The highest BCUT2D eigenvalue weighted by atomic mass is 16.5. The van der Waals surface area contributed by atoms with Crippen LogP contribution in [0.4, 0.5) is 0 Å². The standard InChI is InChI=1S/C18H25NO2/c1-13(15-19-17(5,6)12-21-15)18(20,16(2,3)4)14-10-8-7-9-11-14/h7-11,20H,1,12H2,2-6H3. The minimum atomic E-state index is -1.23. The number of hydrogen-bond donors (Lipinski definition) is 1. The summed E-state index contributed by atoms with van der Waals surface area (Å²) >= 11 is 0. The molecule has 1 aliphatic rings. The van der Waals surface area contributed by atoms with E-state index in [1.165, 1.54) is 0 Å². The van der Waals surface area contributed by atoms with Gasteiger partial charge >= 0.3 is 0 Å². The fourth-order valence-corrected chi connectivity index (χ4v) is 2.63. The highest BCUT2D eigenvalue weighted by Gasteiger charge is 2.47. The van der Waals surface area contributed by atoms with Gasteiger partial charge in [-0.05, 0) is 24.8 Å². The SMILES string of the molecule is C=C(C1=NC(C)(C)CO1)C(O)(c1ccccc1)C(C)(C)C. The number of benzene rings is 1. The molecule has 1 aromatic rings. The Bertz CT molecular complexity index is 567. The molecular weight excluding hydrogens is 262 g/mol. The van der Waals surface area contributed by atoms with Gasteiger partial charge in [0, 0.05) is 5.57 Å². The summed E-state index contributed by atoms with van der Waals surface area (Å²) in [7, 11) is 0. The maximum Gasteiger partial charge on any atom is 0.215 e. The predicted molar refractivity (Wildman–Crippen MR) is 86.4 cm³/mol. The van der Waals surface area contributed by atoms with Crippen molar-refractivity contribution in [2.24, 2.45) is 10.4 Å². The fraction of sp³-hybridized carbons (Fsp3) is 0.500. The maximum absolute atomic E-state index is 11.5. The average molecular weight is 287 g/mol. The smallest absolute Gasteiger partial charge is 0.215 e. The molecule has 0 fully saturated rings. The number of ether oxygens (including phenoxy) is 1. The van der Waals surface area contributed by atoms with E-state index in [1.54, 1.807) is 0 Å². The topological polar surface area (TPSA) is 41.8 Å². The molecule has 1 unspecified atom stereocenters. The number of hydrogen-bond acceptors (Lipinski definition) is 3. The van der Waals surface area contributed by atoms with Gasteiger partial charge in [-0.1, -0.05) is 57.7 Å². The second kappa shape index (κ2) is 4.99. The molecule has 0 spiro atoms. The second-order valence-corrected chi connectivity index (χ2v) is 7.32. The van der Waals surface area contributed by atoms with Crippen molar-refractivity contribution in [1.29, 1.82) is 0 Å². The molecule has 1 N–H and O–H groups in total. The zero-order chi connectivity index (χ0) is 15.9. The summed E-state index contributed by atoms with van der Waals surface area (Å²) in [6, 6.07) is 9.59. The lowest BCUT2D eigenvalue weighted by Crippen LogP contribution is -2.44. The molecule has 3 nitrogen and oxygen atoms in total. The van der Waals surface area contributed by atoms with E-state index in [1.807, 2.05) is 65.0 Å². The van der Waals surface area contributed by atoms with Gasteiger partial charge in [0.1, 0.15) is 12.2 Å². The minimum absolute atomic E-state index is 0.270. The lowest BCUT2D eigenvalue weighted by molar-refractivity contribution is -0.0259. The van der Waals surface area contributed by atoms with E-state index in [2.05, 4.69) is 11.6 Å². The normalized spacial score (nSPS) is 20.4. The van der Waals surface area contributed by atoms with E-state index in [4.69, 9.17) is 4.74 Å². The van der Waals surface area contributed by atoms with Crippen LogP contribution in [0.15, 0.2) is 47.5 Å². The fourth-order valence-electron chi connectivity index (χ4n) is 2.63. The Balaban J connectivity index is 2.51. The summed E-state index contributed by atoms with van der Waals surface area (Å²) in [5.41, 5.74) is -0.615. The van der Waals surface area contributed by atoms with Crippen LogP contribution < -0.4 is 0 Å². The highest BCUT2D eigenvalue weighted by Crippen LogP contribution is 2.45. The van der Waals surface area contributed by atoms with Crippen molar-refractivity contribution in [3.05, 3.63) is 48.0 Å².